The van der Waals surface area contributed by atoms with Crippen LogP contribution in [-0.4, -0.2) is 20.7 Å². The second-order valence-corrected chi connectivity index (χ2v) is 4.75. The van der Waals surface area contributed by atoms with E-state index >= 15 is 0 Å². The Balaban J connectivity index is 2.23. The van der Waals surface area contributed by atoms with Crippen molar-refractivity contribution in [1.82, 2.24) is 14.4 Å². The number of carbonyl (C=O) groups excluding carboxylic acids is 1. The molecular formula is C12H9N3OS. The van der Waals surface area contributed by atoms with Crippen molar-refractivity contribution in [2.24, 2.45) is 0 Å². The normalized spacial score (nSPS) is 10.9. The van der Waals surface area contributed by atoms with Gasteiger partial charge < -0.3 is 4.40 Å². The van der Waals surface area contributed by atoms with Gasteiger partial charge in [0.15, 0.2) is 6.29 Å². The van der Waals surface area contributed by atoms with Gasteiger partial charge in [0.25, 0.3) is 0 Å². The summed E-state index contributed by atoms with van der Waals surface area (Å²) >= 11 is 1.59. The van der Waals surface area contributed by atoms with Gasteiger partial charge in [-0.2, -0.15) is 0 Å². The average molecular weight is 243 g/mol. The Hall–Kier alpha value is -2.01. The van der Waals surface area contributed by atoms with Gasteiger partial charge in [-0.15, -0.1) is 11.3 Å². The number of fused-ring (bicyclic) bond motifs is 1. The van der Waals surface area contributed by atoms with Crippen molar-refractivity contribution in [1.29, 1.82) is 0 Å². The van der Waals surface area contributed by atoms with E-state index in [-0.39, 0.29) is 0 Å². The highest BCUT2D eigenvalue weighted by Gasteiger charge is 2.09. The first-order valence-corrected chi connectivity index (χ1v) is 6.01. The first kappa shape index (κ1) is 10.2. The van der Waals surface area contributed by atoms with E-state index < -0.39 is 0 Å². The van der Waals surface area contributed by atoms with E-state index in [1.54, 1.807) is 17.4 Å². The van der Waals surface area contributed by atoms with Crippen LogP contribution in [0, 0.1) is 6.92 Å². The molecule has 3 heterocycles. The molecule has 0 spiro atoms. The van der Waals surface area contributed by atoms with Crippen LogP contribution in [0.4, 0.5) is 0 Å². The van der Waals surface area contributed by atoms with Gasteiger partial charge in [0.1, 0.15) is 17.0 Å². The second-order valence-electron chi connectivity index (χ2n) is 3.69. The predicted molar refractivity (Wildman–Crippen MR) is 66.4 cm³/mol. The van der Waals surface area contributed by atoms with Crippen LogP contribution in [-0.2, 0) is 0 Å². The van der Waals surface area contributed by atoms with Crippen LogP contribution in [0.2, 0.25) is 0 Å². The summed E-state index contributed by atoms with van der Waals surface area (Å²) in [7, 11) is 0. The molecule has 0 atom stereocenters. The third-order valence-electron chi connectivity index (χ3n) is 2.52. The van der Waals surface area contributed by atoms with Crippen molar-refractivity contribution in [2.45, 2.75) is 6.92 Å². The van der Waals surface area contributed by atoms with Gasteiger partial charge in [0.05, 0.1) is 10.6 Å². The highest BCUT2D eigenvalue weighted by atomic mass is 32.1. The number of aryl methyl sites for hydroxylation is 1. The van der Waals surface area contributed by atoms with Crippen molar-refractivity contribution < 1.29 is 4.79 Å². The van der Waals surface area contributed by atoms with Gasteiger partial charge >= 0.3 is 0 Å². The highest BCUT2D eigenvalue weighted by molar-refractivity contribution is 7.09. The van der Waals surface area contributed by atoms with E-state index in [9.17, 15) is 4.79 Å². The molecule has 0 aliphatic carbocycles. The van der Waals surface area contributed by atoms with E-state index in [1.165, 1.54) is 0 Å². The zero-order chi connectivity index (χ0) is 11.8. The molecule has 3 rings (SSSR count). The quantitative estimate of drug-likeness (QED) is 0.650. The lowest BCUT2D eigenvalue weighted by atomic mass is 10.3. The van der Waals surface area contributed by atoms with Crippen molar-refractivity contribution in [2.75, 3.05) is 0 Å². The van der Waals surface area contributed by atoms with E-state index in [2.05, 4.69) is 9.97 Å². The number of aromatic nitrogens is 3. The molecule has 0 bridgehead atoms. The maximum atomic E-state index is 10.9. The first-order valence-electron chi connectivity index (χ1n) is 5.13. The summed E-state index contributed by atoms with van der Waals surface area (Å²) in [5.74, 6) is 0. The summed E-state index contributed by atoms with van der Waals surface area (Å²) in [6.07, 6.45) is 4.58. The molecule has 0 aromatic carbocycles. The minimum absolute atomic E-state index is 0.589. The number of pyridine rings is 1. The fourth-order valence-electron chi connectivity index (χ4n) is 1.73. The van der Waals surface area contributed by atoms with Gasteiger partial charge in [-0.1, -0.05) is 0 Å². The van der Waals surface area contributed by atoms with E-state index in [0.717, 1.165) is 22.7 Å². The number of thiazole rings is 1. The fourth-order valence-corrected chi connectivity index (χ4v) is 2.34. The maximum absolute atomic E-state index is 10.9. The number of carbonyl (C=O) groups is 1. The molecule has 0 aliphatic heterocycles. The Morgan fingerprint density at radius 2 is 2.24 bits per heavy atom. The first-order chi connectivity index (χ1) is 8.28. The summed E-state index contributed by atoms with van der Waals surface area (Å²) < 4.78 is 1.84. The Kier molecular flexibility index (Phi) is 2.26. The summed E-state index contributed by atoms with van der Waals surface area (Å²) in [4.78, 5) is 19.7. The molecule has 17 heavy (non-hydrogen) atoms. The third kappa shape index (κ3) is 1.64. The van der Waals surface area contributed by atoms with Crippen molar-refractivity contribution in [3.8, 4) is 11.4 Å². The molecule has 0 radical (unpaired) electrons. The monoisotopic (exact) mass is 243 g/mol. The minimum atomic E-state index is 0.589. The van der Waals surface area contributed by atoms with Crippen LogP contribution in [0.1, 0.15) is 15.4 Å². The predicted octanol–water partition coefficient (Wildman–Crippen LogP) is 2.58. The summed E-state index contributed by atoms with van der Waals surface area (Å²) in [5, 5.41) is 2.98. The fraction of sp³-hybridized carbons (Fsp3) is 0.0833. The molecule has 84 valence electrons. The molecule has 0 unspecified atom stereocenters. The highest BCUT2D eigenvalue weighted by Crippen LogP contribution is 2.21. The molecule has 0 amide bonds. The van der Waals surface area contributed by atoms with E-state index in [4.69, 9.17) is 0 Å². The number of rotatable bonds is 2. The standard InChI is InChI=1S/C12H9N3OS/c1-8-13-11(7-17-8)10-5-15-4-2-3-9(6-16)12(15)14-10/h2-7H,1H3. The van der Waals surface area contributed by atoms with Crippen LogP contribution in [0.25, 0.3) is 17.0 Å². The van der Waals surface area contributed by atoms with Crippen molar-refractivity contribution in [3.05, 3.63) is 40.5 Å². The number of hydrogen-bond acceptors (Lipinski definition) is 4. The van der Waals surface area contributed by atoms with Crippen LogP contribution >= 0.6 is 11.3 Å². The smallest absolute Gasteiger partial charge is 0.153 e. The van der Waals surface area contributed by atoms with E-state index in [1.807, 2.05) is 35.2 Å². The van der Waals surface area contributed by atoms with Gasteiger partial charge in [-0.3, -0.25) is 4.79 Å². The second kappa shape index (κ2) is 3.78. The molecule has 4 nitrogen and oxygen atoms in total. The van der Waals surface area contributed by atoms with Gasteiger partial charge in [0.2, 0.25) is 0 Å². The Labute approximate surface area is 102 Å². The molecular weight excluding hydrogens is 234 g/mol. The maximum Gasteiger partial charge on any atom is 0.153 e. The molecule has 0 N–H and O–H groups in total. The van der Waals surface area contributed by atoms with Gasteiger partial charge in [-0.05, 0) is 19.1 Å². The van der Waals surface area contributed by atoms with Crippen molar-refractivity contribution >= 4 is 23.3 Å². The zero-order valence-electron chi connectivity index (χ0n) is 9.12. The molecule has 3 aromatic rings. The topological polar surface area (TPSA) is 47.3 Å². The number of nitrogens with zero attached hydrogens (tertiary/aromatic N) is 3. The lowest BCUT2D eigenvalue weighted by Crippen LogP contribution is -1.88. The summed E-state index contributed by atoms with van der Waals surface area (Å²) in [6, 6.07) is 3.58. The summed E-state index contributed by atoms with van der Waals surface area (Å²) in [5.41, 5.74) is 2.91. The van der Waals surface area contributed by atoms with Crippen molar-refractivity contribution in [3.63, 3.8) is 0 Å². The lowest BCUT2D eigenvalue weighted by Gasteiger charge is -1.93. The SMILES string of the molecule is Cc1nc(-c2cn3cccc(C=O)c3n2)cs1. The Bertz CT molecular complexity index is 699. The molecule has 0 saturated carbocycles. The molecule has 3 aromatic heterocycles. The molecule has 5 heteroatoms. The largest absolute Gasteiger partial charge is 0.306 e. The van der Waals surface area contributed by atoms with Crippen LogP contribution in [0.5, 0.6) is 0 Å². The van der Waals surface area contributed by atoms with E-state index in [0.29, 0.717) is 11.2 Å². The Morgan fingerprint density at radius 1 is 1.35 bits per heavy atom. The lowest BCUT2D eigenvalue weighted by molar-refractivity contribution is 0.112. The minimum Gasteiger partial charge on any atom is -0.306 e. The van der Waals surface area contributed by atoms with Gasteiger partial charge in [0, 0.05) is 17.8 Å². The van der Waals surface area contributed by atoms with Gasteiger partial charge in [-0.25, -0.2) is 9.97 Å². The Morgan fingerprint density at radius 3 is 2.94 bits per heavy atom. The van der Waals surface area contributed by atoms with Crippen LogP contribution in [0.3, 0.4) is 0 Å². The summed E-state index contributed by atoms with van der Waals surface area (Å²) in [6.45, 7) is 1.96. The molecule has 0 saturated heterocycles. The zero-order valence-corrected chi connectivity index (χ0v) is 9.94. The number of hydrogen-bond donors (Lipinski definition) is 0. The average Bonchev–Trinajstić information content (AvgIpc) is 2.93. The molecule has 0 aliphatic rings. The number of aldehydes is 1. The van der Waals surface area contributed by atoms with Crippen LogP contribution < -0.4 is 0 Å². The third-order valence-corrected chi connectivity index (χ3v) is 3.29. The number of imidazole rings is 1. The molecule has 0 fully saturated rings. The van der Waals surface area contributed by atoms with Crippen LogP contribution in [0.15, 0.2) is 29.9 Å².